The quantitative estimate of drug-likeness (QED) is 0.600. The number of sulfonamides is 1. The number of aliphatic hydroxyl groups excluding tert-OH is 1. The van der Waals surface area contributed by atoms with Crippen LogP contribution in [-0.2, 0) is 19.6 Å². The number of anilines is 1. The van der Waals surface area contributed by atoms with E-state index in [0.29, 0.717) is 32.0 Å². The summed E-state index contributed by atoms with van der Waals surface area (Å²) in [6.45, 7) is 7.82. The van der Waals surface area contributed by atoms with Crippen molar-refractivity contribution in [2.45, 2.75) is 61.6 Å². The molecule has 0 unspecified atom stereocenters. The van der Waals surface area contributed by atoms with Crippen molar-refractivity contribution in [2.24, 2.45) is 0 Å². The van der Waals surface area contributed by atoms with Gasteiger partial charge in [-0.15, -0.1) is 0 Å². The number of rotatable bonds is 3. The van der Waals surface area contributed by atoms with Gasteiger partial charge >= 0.3 is 0 Å². The Labute approximate surface area is 213 Å². The lowest BCUT2D eigenvalue weighted by atomic mass is 9.84. The summed E-state index contributed by atoms with van der Waals surface area (Å²) in [7, 11) is -4.07. The summed E-state index contributed by atoms with van der Waals surface area (Å²) in [5.74, 6) is -0.0282. The summed E-state index contributed by atoms with van der Waals surface area (Å²) in [4.78, 5) is 18.1. The number of amides is 1. The van der Waals surface area contributed by atoms with Crippen LogP contribution in [0.3, 0.4) is 0 Å². The Morgan fingerprint density at radius 1 is 1.11 bits per heavy atom. The monoisotopic (exact) mass is 522 g/mol. The van der Waals surface area contributed by atoms with Crippen LogP contribution in [0.1, 0.15) is 39.0 Å². The molecule has 3 fully saturated rings. The summed E-state index contributed by atoms with van der Waals surface area (Å²) in [6.07, 6.45) is 2.44. The van der Waals surface area contributed by atoms with Crippen molar-refractivity contribution in [1.29, 1.82) is 0 Å². The highest BCUT2D eigenvalue weighted by Gasteiger charge is 2.47. The van der Waals surface area contributed by atoms with Gasteiger partial charge in [0.1, 0.15) is 16.7 Å². The molecular formula is C25H38N4O6S. The Hall–Kier alpha value is -1.92. The molecule has 0 aromatic heterocycles. The fourth-order valence-corrected chi connectivity index (χ4v) is 7.66. The number of hydrogen-bond acceptors (Lipinski definition) is 8. The SMILES string of the molecule is CCCN1CCC2(CCOc3cc(N4CCOCC4)ccc3S(=O)(=O)N3C[C@H](O)C[C@H]3C(=O)N2)CC1. The molecule has 5 rings (SSSR count). The zero-order valence-electron chi connectivity index (χ0n) is 21.0. The van der Waals surface area contributed by atoms with Gasteiger partial charge in [-0.1, -0.05) is 6.92 Å². The molecule has 0 bridgehead atoms. The second-order valence-corrected chi connectivity index (χ2v) is 12.3. The van der Waals surface area contributed by atoms with Gasteiger partial charge in [-0.3, -0.25) is 4.79 Å². The molecular weight excluding hydrogens is 484 g/mol. The summed E-state index contributed by atoms with van der Waals surface area (Å²) < 4.78 is 40.5. The molecule has 4 aliphatic heterocycles. The topological polar surface area (TPSA) is 112 Å². The van der Waals surface area contributed by atoms with Crippen molar-refractivity contribution < 1.29 is 27.8 Å². The molecule has 4 heterocycles. The summed E-state index contributed by atoms with van der Waals surface area (Å²) in [6, 6.07) is 4.22. The number of benzene rings is 1. The third-order valence-electron chi connectivity index (χ3n) is 8.01. The van der Waals surface area contributed by atoms with Gasteiger partial charge in [0.05, 0.1) is 25.9 Å². The van der Waals surface area contributed by atoms with E-state index < -0.39 is 27.7 Å². The standard InChI is InChI=1S/C25H38N4O6S/c1-2-8-27-9-5-25(6-10-27)7-13-35-22-16-19(28-11-14-34-15-12-28)3-4-23(22)36(32,33)29-18-20(30)17-21(29)24(31)26-25/h3-4,16,20-21,30H,2,5-15,17-18H2,1H3,(H,26,31)/t20-,21+/m1/s1. The van der Waals surface area contributed by atoms with Gasteiger partial charge in [-0.05, 0) is 37.9 Å². The number of ether oxygens (including phenoxy) is 2. The Bertz CT molecular complexity index is 1050. The Kier molecular flexibility index (Phi) is 7.46. The number of hydrogen-bond donors (Lipinski definition) is 2. The van der Waals surface area contributed by atoms with Gasteiger partial charge in [-0.2, -0.15) is 4.31 Å². The average Bonchev–Trinajstić information content (AvgIpc) is 3.28. The van der Waals surface area contributed by atoms with Gasteiger partial charge in [0.25, 0.3) is 0 Å². The van der Waals surface area contributed by atoms with Gasteiger partial charge in [0, 0.05) is 62.9 Å². The first-order valence-corrected chi connectivity index (χ1v) is 14.6. The molecule has 2 atom stereocenters. The zero-order valence-corrected chi connectivity index (χ0v) is 21.8. The Morgan fingerprint density at radius 3 is 2.58 bits per heavy atom. The zero-order chi connectivity index (χ0) is 25.3. The van der Waals surface area contributed by atoms with Crippen LogP contribution in [0.4, 0.5) is 5.69 Å². The lowest BCUT2D eigenvalue weighted by Crippen LogP contribution is -2.59. The number of nitrogens with one attached hydrogen (secondary N) is 1. The van der Waals surface area contributed by atoms with Crippen molar-refractivity contribution in [3.8, 4) is 5.75 Å². The maximum atomic E-state index is 13.8. The van der Waals surface area contributed by atoms with E-state index >= 15 is 0 Å². The van der Waals surface area contributed by atoms with E-state index in [1.165, 1.54) is 0 Å². The first kappa shape index (κ1) is 25.7. The van der Waals surface area contributed by atoms with Gasteiger partial charge in [0.15, 0.2) is 0 Å². The predicted octanol–water partition coefficient (Wildman–Crippen LogP) is 0.790. The van der Waals surface area contributed by atoms with E-state index in [1.54, 1.807) is 18.2 Å². The summed E-state index contributed by atoms with van der Waals surface area (Å²) in [5.41, 5.74) is 0.424. The lowest BCUT2D eigenvalue weighted by molar-refractivity contribution is -0.127. The van der Waals surface area contributed by atoms with Crippen LogP contribution in [0.2, 0.25) is 0 Å². The fraction of sp³-hybridized carbons (Fsp3) is 0.720. The molecule has 1 amide bonds. The van der Waals surface area contributed by atoms with Gasteiger partial charge in [0.2, 0.25) is 15.9 Å². The molecule has 11 heteroatoms. The number of nitrogens with zero attached hydrogens (tertiary/aromatic N) is 3. The summed E-state index contributed by atoms with van der Waals surface area (Å²) in [5, 5.41) is 13.6. The second-order valence-electron chi connectivity index (χ2n) is 10.4. The molecule has 0 saturated carbocycles. The molecule has 0 radical (unpaired) electrons. The first-order chi connectivity index (χ1) is 17.3. The highest BCUT2D eigenvalue weighted by atomic mass is 32.2. The molecule has 200 valence electrons. The second kappa shape index (κ2) is 10.4. The molecule has 1 aromatic carbocycles. The van der Waals surface area contributed by atoms with Crippen molar-refractivity contribution in [3.63, 3.8) is 0 Å². The number of fused-ring (bicyclic) bond motifs is 2. The van der Waals surface area contributed by atoms with E-state index in [9.17, 15) is 18.3 Å². The highest BCUT2D eigenvalue weighted by molar-refractivity contribution is 7.89. The molecule has 3 saturated heterocycles. The molecule has 10 nitrogen and oxygen atoms in total. The third kappa shape index (κ3) is 5.08. The van der Waals surface area contributed by atoms with Crippen molar-refractivity contribution in [1.82, 2.24) is 14.5 Å². The smallest absolute Gasteiger partial charge is 0.247 e. The normalized spacial score (nSPS) is 29.1. The number of likely N-dealkylation sites (tertiary alicyclic amines) is 1. The van der Waals surface area contributed by atoms with Crippen LogP contribution < -0.4 is 15.0 Å². The van der Waals surface area contributed by atoms with Crippen molar-refractivity contribution in [3.05, 3.63) is 18.2 Å². The highest BCUT2D eigenvalue weighted by Crippen LogP contribution is 2.37. The Balaban J connectivity index is 1.49. The van der Waals surface area contributed by atoms with E-state index in [1.807, 2.05) is 0 Å². The molecule has 2 N–H and O–H groups in total. The van der Waals surface area contributed by atoms with E-state index in [2.05, 4.69) is 22.0 Å². The first-order valence-electron chi connectivity index (χ1n) is 13.2. The van der Waals surface area contributed by atoms with E-state index in [4.69, 9.17) is 9.47 Å². The van der Waals surface area contributed by atoms with Crippen LogP contribution in [0.15, 0.2) is 23.1 Å². The van der Waals surface area contributed by atoms with Crippen molar-refractivity contribution in [2.75, 3.05) is 64.0 Å². The predicted molar refractivity (Wildman–Crippen MR) is 135 cm³/mol. The van der Waals surface area contributed by atoms with Crippen LogP contribution in [0, 0.1) is 0 Å². The molecule has 36 heavy (non-hydrogen) atoms. The maximum absolute atomic E-state index is 13.8. The number of piperidine rings is 1. The number of morpholine rings is 1. The fourth-order valence-electron chi connectivity index (χ4n) is 5.91. The largest absolute Gasteiger partial charge is 0.492 e. The Morgan fingerprint density at radius 2 is 1.86 bits per heavy atom. The minimum Gasteiger partial charge on any atom is -0.492 e. The minimum atomic E-state index is -4.07. The van der Waals surface area contributed by atoms with Crippen LogP contribution in [-0.4, -0.2) is 105 Å². The van der Waals surface area contributed by atoms with Crippen LogP contribution >= 0.6 is 0 Å². The third-order valence-corrected chi connectivity index (χ3v) is 9.92. The molecule has 1 aromatic rings. The van der Waals surface area contributed by atoms with Crippen LogP contribution in [0.25, 0.3) is 0 Å². The maximum Gasteiger partial charge on any atom is 0.247 e. The number of aliphatic hydroxyl groups is 1. The molecule has 0 aliphatic carbocycles. The van der Waals surface area contributed by atoms with E-state index in [-0.39, 0.29) is 23.8 Å². The molecule has 1 spiro atoms. The molecule has 4 aliphatic rings. The minimum absolute atomic E-state index is 0.0418. The lowest BCUT2D eigenvalue weighted by Gasteiger charge is -2.43. The average molecular weight is 523 g/mol. The van der Waals surface area contributed by atoms with Gasteiger partial charge < -0.3 is 29.7 Å². The summed E-state index contributed by atoms with van der Waals surface area (Å²) >= 11 is 0. The number of carbonyl (C=O) groups excluding carboxylic acids is 1. The van der Waals surface area contributed by atoms with E-state index in [0.717, 1.165) is 62.0 Å². The van der Waals surface area contributed by atoms with Crippen LogP contribution in [0.5, 0.6) is 5.75 Å². The van der Waals surface area contributed by atoms with Crippen molar-refractivity contribution >= 4 is 21.6 Å². The van der Waals surface area contributed by atoms with Gasteiger partial charge in [-0.25, -0.2) is 8.42 Å². The number of carbonyl (C=O) groups is 1.